The van der Waals surface area contributed by atoms with Gasteiger partial charge in [-0.3, -0.25) is 9.05 Å². The molecule has 4 heterocycles. The second kappa shape index (κ2) is 14.9. The van der Waals surface area contributed by atoms with Gasteiger partial charge in [-0.05, 0) is 172 Å². The molecule has 12 rings (SSSR count). The van der Waals surface area contributed by atoms with Crippen molar-refractivity contribution in [2.24, 2.45) is 0 Å². The standard InChI is InChI=1S/C47H50O9P2/c1-48-47-46(56-58-53-37-24-20-29-12-4-8-16-33(29)42(37)43-34-17-9-5-13-30(34)21-25-38(43)54-58)45-44(39(50-47)26-49-45)55-57-51-35-22-18-27-10-2-6-14-31(27)40(35)41-32-15-7-3-11-28(32)19-23-36(41)52-57/h18-25,39,44-47H,2-17,26H2,1H3. The molecule has 0 radical (unpaired) electrons. The van der Waals surface area contributed by atoms with Gasteiger partial charge in [0.25, 0.3) is 0 Å². The molecule has 6 aromatic rings. The van der Waals surface area contributed by atoms with Crippen LogP contribution in [0.2, 0.25) is 0 Å². The van der Waals surface area contributed by atoms with Gasteiger partial charge in [-0.25, -0.2) is 0 Å². The lowest BCUT2D eigenvalue weighted by Crippen LogP contribution is -2.57. The summed E-state index contributed by atoms with van der Waals surface area (Å²) in [4.78, 5) is 0. The molecule has 2 saturated heterocycles. The second-order valence-corrected chi connectivity index (χ2v) is 19.2. The number of methoxy groups -OCH3 is 1. The van der Waals surface area contributed by atoms with E-state index in [9.17, 15) is 0 Å². The van der Waals surface area contributed by atoms with E-state index in [-0.39, 0.29) is 0 Å². The Morgan fingerprint density at radius 1 is 0.466 bits per heavy atom. The predicted molar refractivity (Wildman–Crippen MR) is 225 cm³/mol. The maximum Gasteiger partial charge on any atom is 0.387 e. The minimum Gasteiger partial charge on any atom is -0.399 e. The highest BCUT2D eigenvalue weighted by atomic mass is 31.1. The Bertz CT molecular complexity index is 2530. The molecule has 5 atom stereocenters. The van der Waals surface area contributed by atoms with E-state index in [1.807, 2.05) is 0 Å². The SMILES string of the molecule is COC1OC2COC(C2Op2oc3ccc4c(c3c3c5c(ccc3o2)CCCC5)CCCC4)C1Op1oc2ccc3c(c2c2c4c(ccc2o1)CCCC4)CCCC3. The van der Waals surface area contributed by atoms with Gasteiger partial charge in [0, 0.05) is 28.7 Å². The minimum absolute atomic E-state index is 0.329. The zero-order valence-corrected chi connectivity index (χ0v) is 34.9. The Morgan fingerprint density at radius 2 is 0.828 bits per heavy atom. The lowest BCUT2D eigenvalue weighted by atomic mass is 9.84. The van der Waals surface area contributed by atoms with Crippen LogP contribution in [0.25, 0.3) is 43.9 Å². The fourth-order valence-corrected chi connectivity index (χ4v) is 13.5. The average Bonchev–Trinajstić information content (AvgIpc) is 3.38. The smallest absolute Gasteiger partial charge is 0.387 e. The van der Waals surface area contributed by atoms with E-state index < -0.39 is 47.2 Å². The molecule has 302 valence electrons. The van der Waals surface area contributed by atoms with Gasteiger partial charge in [0.2, 0.25) is 0 Å². The molecule has 9 nitrogen and oxygen atoms in total. The zero-order chi connectivity index (χ0) is 38.3. The van der Waals surface area contributed by atoms with Crippen LogP contribution in [0.1, 0.15) is 95.9 Å². The highest BCUT2D eigenvalue weighted by Gasteiger charge is 2.55. The molecule has 0 N–H and O–H groups in total. The molecule has 2 bridgehead atoms. The molecule has 4 aromatic carbocycles. The van der Waals surface area contributed by atoms with Crippen LogP contribution in [-0.4, -0.2) is 44.4 Å². The molecule has 5 unspecified atom stereocenters. The van der Waals surface area contributed by atoms with Gasteiger partial charge in [-0.15, -0.1) is 0 Å². The van der Waals surface area contributed by atoms with Crippen LogP contribution in [0.4, 0.5) is 0 Å². The van der Waals surface area contributed by atoms with E-state index in [0.29, 0.717) is 6.61 Å². The van der Waals surface area contributed by atoms with Crippen LogP contribution < -0.4 is 9.05 Å². The molecular formula is C47H50O9P2. The first-order valence-corrected chi connectivity index (χ1v) is 23.9. The van der Waals surface area contributed by atoms with Crippen LogP contribution in [0, 0.1) is 0 Å². The summed E-state index contributed by atoms with van der Waals surface area (Å²) in [6, 6.07) is 17.5. The number of aryl methyl sites for hydroxylation is 8. The van der Waals surface area contributed by atoms with Gasteiger partial charge in [-0.1, -0.05) is 24.3 Å². The van der Waals surface area contributed by atoms with E-state index in [2.05, 4.69) is 48.5 Å². The summed E-state index contributed by atoms with van der Waals surface area (Å²) in [6.07, 6.45) is 15.2. The Balaban J connectivity index is 0.959. The summed E-state index contributed by atoms with van der Waals surface area (Å²) in [5.41, 5.74) is 14.6. The van der Waals surface area contributed by atoms with E-state index in [1.165, 1.54) is 117 Å². The van der Waals surface area contributed by atoms with E-state index >= 15 is 0 Å². The Hall–Kier alpha value is -3.52. The molecule has 2 aliphatic heterocycles. The van der Waals surface area contributed by atoms with Gasteiger partial charge < -0.3 is 31.0 Å². The summed E-state index contributed by atoms with van der Waals surface area (Å²) in [6.45, 7) is 0.329. The number of rotatable bonds is 5. The Morgan fingerprint density at radius 3 is 1.21 bits per heavy atom. The monoisotopic (exact) mass is 820 g/mol. The van der Waals surface area contributed by atoms with Gasteiger partial charge in [0.15, 0.2) is 12.4 Å². The molecular weight excluding hydrogens is 770 g/mol. The summed E-state index contributed by atoms with van der Waals surface area (Å²) in [7, 11) is -2.19. The first-order chi connectivity index (χ1) is 28.7. The number of benzene rings is 4. The van der Waals surface area contributed by atoms with Crippen molar-refractivity contribution in [1.29, 1.82) is 0 Å². The molecule has 2 aromatic heterocycles. The molecule has 0 amide bonds. The van der Waals surface area contributed by atoms with Crippen molar-refractivity contribution in [3.05, 3.63) is 93.0 Å². The van der Waals surface area contributed by atoms with Gasteiger partial charge in [-0.2, -0.15) is 0 Å². The highest BCUT2D eigenvalue weighted by Crippen LogP contribution is 2.47. The van der Waals surface area contributed by atoms with Crippen molar-refractivity contribution in [3.63, 3.8) is 0 Å². The van der Waals surface area contributed by atoms with Crippen molar-refractivity contribution in [1.82, 2.24) is 0 Å². The van der Waals surface area contributed by atoms with Gasteiger partial charge in [0.05, 0.1) is 6.61 Å². The molecule has 11 heteroatoms. The Kier molecular flexibility index (Phi) is 9.33. The summed E-state index contributed by atoms with van der Waals surface area (Å²) in [5.74, 6) is 0. The normalized spacial score (nSPS) is 25.1. The summed E-state index contributed by atoms with van der Waals surface area (Å²) in [5, 5.41) is 4.78. The van der Waals surface area contributed by atoms with Gasteiger partial charge >= 0.3 is 16.5 Å². The largest absolute Gasteiger partial charge is 0.399 e. The first-order valence-electron chi connectivity index (χ1n) is 21.7. The van der Waals surface area contributed by atoms with E-state index in [4.69, 9.17) is 40.0 Å². The van der Waals surface area contributed by atoms with E-state index in [0.717, 1.165) is 73.7 Å². The lowest BCUT2D eigenvalue weighted by Gasteiger charge is -2.37. The fraction of sp³-hybridized carbons (Fsp3) is 0.489. The van der Waals surface area contributed by atoms with E-state index in [1.54, 1.807) is 7.11 Å². The molecule has 0 saturated carbocycles. The summed E-state index contributed by atoms with van der Waals surface area (Å²) < 4.78 is 60.2. The second-order valence-electron chi connectivity index (χ2n) is 17.2. The molecule has 6 aliphatic rings. The third-order valence-corrected chi connectivity index (χ3v) is 16.1. The van der Waals surface area contributed by atoms with Crippen molar-refractivity contribution in [3.8, 4) is 0 Å². The third kappa shape index (κ3) is 6.06. The van der Waals surface area contributed by atoms with Crippen LogP contribution in [-0.2, 0) is 65.6 Å². The number of hydrogen-bond donors (Lipinski definition) is 0. The molecule has 2 fully saturated rings. The topological polar surface area (TPSA) is 98.7 Å². The molecule has 58 heavy (non-hydrogen) atoms. The predicted octanol–water partition coefficient (Wildman–Crippen LogP) is 11.5. The van der Waals surface area contributed by atoms with Gasteiger partial charge in [0.1, 0.15) is 40.6 Å². The zero-order valence-electron chi connectivity index (χ0n) is 33.1. The quantitative estimate of drug-likeness (QED) is 0.168. The van der Waals surface area contributed by atoms with Crippen molar-refractivity contribution < 1.29 is 40.0 Å². The Labute approximate surface area is 339 Å². The van der Waals surface area contributed by atoms with Crippen LogP contribution in [0.3, 0.4) is 0 Å². The van der Waals surface area contributed by atoms with Crippen LogP contribution in [0.15, 0.2) is 65.3 Å². The first kappa shape index (κ1) is 36.3. The third-order valence-electron chi connectivity index (χ3n) is 13.9. The van der Waals surface area contributed by atoms with Crippen molar-refractivity contribution in [2.75, 3.05) is 13.7 Å². The van der Waals surface area contributed by atoms with Crippen molar-refractivity contribution in [2.45, 2.75) is 133 Å². The average molecular weight is 821 g/mol. The number of hydrogen-bond acceptors (Lipinski definition) is 9. The minimum atomic E-state index is -1.94. The summed E-state index contributed by atoms with van der Waals surface area (Å²) >= 11 is 0. The number of ether oxygens (including phenoxy) is 3. The fourth-order valence-electron chi connectivity index (χ4n) is 11.1. The number of fused-ring (bicyclic) bond motifs is 16. The van der Waals surface area contributed by atoms with Crippen molar-refractivity contribution >= 4 is 60.4 Å². The molecule has 4 aliphatic carbocycles. The highest BCUT2D eigenvalue weighted by molar-refractivity contribution is 7.32. The maximum absolute atomic E-state index is 6.94. The molecule has 0 spiro atoms. The van der Waals surface area contributed by atoms with Crippen LogP contribution >= 0.6 is 16.5 Å². The maximum atomic E-state index is 6.94. The van der Waals surface area contributed by atoms with Crippen LogP contribution in [0.5, 0.6) is 0 Å². The lowest BCUT2D eigenvalue weighted by molar-refractivity contribution is -0.232.